The quantitative estimate of drug-likeness (QED) is 0.896. The van der Waals surface area contributed by atoms with Crippen LogP contribution in [0.25, 0.3) is 0 Å². The zero-order valence-electron chi connectivity index (χ0n) is 11.8. The maximum absolute atomic E-state index is 13.3. The Morgan fingerprint density at radius 3 is 2.84 bits per heavy atom. The Hall–Kier alpha value is -0.640. The van der Waals surface area contributed by atoms with Crippen molar-refractivity contribution in [3.63, 3.8) is 0 Å². The molecule has 4 heteroatoms. The van der Waals surface area contributed by atoms with Crippen molar-refractivity contribution in [2.75, 3.05) is 19.6 Å². The van der Waals surface area contributed by atoms with Crippen molar-refractivity contribution in [1.29, 1.82) is 0 Å². The Balaban J connectivity index is 2.05. The van der Waals surface area contributed by atoms with Crippen molar-refractivity contribution in [2.24, 2.45) is 5.41 Å². The van der Waals surface area contributed by atoms with Crippen LogP contribution in [0.1, 0.15) is 26.3 Å². The number of halogens is 2. The highest BCUT2D eigenvalue weighted by Crippen LogP contribution is 2.24. The van der Waals surface area contributed by atoms with Gasteiger partial charge in [-0.15, -0.1) is 0 Å². The predicted octanol–water partition coefficient (Wildman–Crippen LogP) is 3.30. The minimum absolute atomic E-state index is 0.220. The maximum atomic E-state index is 13.3. The number of nitrogens with zero attached hydrogens (tertiary/aromatic N) is 1. The number of benzene rings is 1. The van der Waals surface area contributed by atoms with Gasteiger partial charge in [-0.3, -0.25) is 4.90 Å². The molecule has 0 aromatic heterocycles. The molecule has 2 rings (SSSR count). The van der Waals surface area contributed by atoms with Gasteiger partial charge in [0, 0.05) is 37.2 Å². The highest BCUT2D eigenvalue weighted by Gasteiger charge is 2.29. The third-order valence-corrected chi connectivity index (χ3v) is 4.08. The number of nitrogens with one attached hydrogen (secondary N) is 1. The van der Waals surface area contributed by atoms with Gasteiger partial charge in [-0.25, -0.2) is 4.39 Å². The Morgan fingerprint density at radius 1 is 1.42 bits per heavy atom. The Labute approximate surface area is 119 Å². The van der Waals surface area contributed by atoms with E-state index < -0.39 is 0 Å². The first-order chi connectivity index (χ1) is 8.86. The average Bonchev–Trinajstić information content (AvgIpc) is 2.33. The summed E-state index contributed by atoms with van der Waals surface area (Å²) >= 11 is 6.13. The summed E-state index contributed by atoms with van der Waals surface area (Å²) in [4.78, 5) is 2.34. The molecule has 0 spiro atoms. The summed E-state index contributed by atoms with van der Waals surface area (Å²) in [6, 6.07) is 5.03. The lowest BCUT2D eigenvalue weighted by Crippen LogP contribution is -2.55. The minimum Gasteiger partial charge on any atom is -0.311 e. The Morgan fingerprint density at radius 2 is 2.16 bits per heavy atom. The molecule has 19 heavy (non-hydrogen) atoms. The van der Waals surface area contributed by atoms with E-state index in [-0.39, 0.29) is 11.2 Å². The monoisotopic (exact) mass is 284 g/mol. The second kappa shape index (κ2) is 5.78. The minimum atomic E-state index is -0.220. The molecule has 1 heterocycles. The number of hydrogen-bond donors (Lipinski definition) is 1. The van der Waals surface area contributed by atoms with Crippen LogP contribution in [-0.4, -0.2) is 30.6 Å². The third-order valence-electron chi connectivity index (χ3n) is 3.71. The van der Waals surface area contributed by atoms with E-state index in [0.717, 1.165) is 25.2 Å². The van der Waals surface area contributed by atoms with Crippen LogP contribution in [-0.2, 0) is 6.54 Å². The number of piperazine rings is 1. The molecule has 0 radical (unpaired) electrons. The summed E-state index contributed by atoms with van der Waals surface area (Å²) in [5.41, 5.74) is 1.10. The molecule has 106 valence electrons. The van der Waals surface area contributed by atoms with Gasteiger partial charge in [0.1, 0.15) is 5.82 Å². The molecule has 1 aromatic carbocycles. The molecule has 1 saturated heterocycles. The first-order valence-corrected chi connectivity index (χ1v) is 7.14. The predicted molar refractivity (Wildman–Crippen MR) is 77.9 cm³/mol. The SMILES string of the molecule is CC(C)(C)C1CN(Cc2cc(F)ccc2Cl)CCN1. The lowest BCUT2D eigenvalue weighted by molar-refractivity contribution is 0.129. The van der Waals surface area contributed by atoms with E-state index in [1.165, 1.54) is 12.1 Å². The van der Waals surface area contributed by atoms with Crippen molar-refractivity contribution >= 4 is 11.6 Å². The molecule has 2 nitrogen and oxygen atoms in total. The van der Waals surface area contributed by atoms with Gasteiger partial charge >= 0.3 is 0 Å². The van der Waals surface area contributed by atoms with Crippen LogP contribution in [0, 0.1) is 11.2 Å². The largest absolute Gasteiger partial charge is 0.311 e. The fraction of sp³-hybridized carbons (Fsp3) is 0.600. The highest BCUT2D eigenvalue weighted by molar-refractivity contribution is 6.31. The van der Waals surface area contributed by atoms with E-state index in [1.807, 2.05) is 0 Å². The van der Waals surface area contributed by atoms with Gasteiger partial charge in [0.25, 0.3) is 0 Å². The molecule has 1 fully saturated rings. The van der Waals surface area contributed by atoms with E-state index in [2.05, 4.69) is 31.0 Å². The molecule has 0 aliphatic carbocycles. The zero-order chi connectivity index (χ0) is 14.0. The van der Waals surface area contributed by atoms with Crippen LogP contribution in [0.3, 0.4) is 0 Å². The van der Waals surface area contributed by atoms with Gasteiger partial charge in [-0.2, -0.15) is 0 Å². The first kappa shape index (κ1) is 14.8. The van der Waals surface area contributed by atoms with Crippen LogP contribution in [0.5, 0.6) is 0 Å². The Bertz CT molecular complexity index is 442. The fourth-order valence-electron chi connectivity index (χ4n) is 2.44. The number of hydrogen-bond acceptors (Lipinski definition) is 2. The lowest BCUT2D eigenvalue weighted by atomic mass is 9.85. The van der Waals surface area contributed by atoms with E-state index >= 15 is 0 Å². The molecule has 1 aliphatic heterocycles. The summed E-state index contributed by atoms with van der Waals surface area (Å²) in [5, 5.41) is 4.20. The fourth-order valence-corrected chi connectivity index (χ4v) is 2.62. The van der Waals surface area contributed by atoms with Crippen LogP contribution in [0.15, 0.2) is 18.2 Å². The molecule has 1 atom stereocenters. The van der Waals surface area contributed by atoms with Gasteiger partial charge in [-0.1, -0.05) is 32.4 Å². The maximum Gasteiger partial charge on any atom is 0.123 e. The van der Waals surface area contributed by atoms with Crippen LogP contribution in [0.4, 0.5) is 4.39 Å². The van der Waals surface area contributed by atoms with Gasteiger partial charge in [0.2, 0.25) is 0 Å². The van der Waals surface area contributed by atoms with Crippen LogP contribution < -0.4 is 5.32 Å². The van der Waals surface area contributed by atoms with E-state index in [4.69, 9.17) is 11.6 Å². The smallest absolute Gasteiger partial charge is 0.123 e. The molecular weight excluding hydrogens is 263 g/mol. The van der Waals surface area contributed by atoms with Gasteiger partial charge in [0.05, 0.1) is 0 Å². The summed E-state index contributed by atoms with van der Waals surface area (Å²) in [7, 11) is 0. The third kappa shape index (κ3) is 3.91. The topological polar surface area (TPSA) is 15.3 Å². The van der Waals surface area contributed by atoms with Crippen molar-refractivity contribution in [2.45, 2.75) is 33.4 Å². The molecule has 1 N–H and O–H groups in total. The zero-order valence-corrected chi connectivity index (χ0v) is 12.6. The Kier molecular flexibility index (Phi) is 4.49. The average molecular weight is 285 g/mol. The summed E-state index contributed by atoms with van der Waals surface area (Å²) in [6.07, 6.45) is 0. The molecule has 1 aliphatic rings. The van der Waals surface area contributed by atoms with Crippen molar-refractivity contribution < 1.29 is 4.39 Å². The van der Waals surface area contributed by atoms with Gasteiger partial charge in [-0.05, 0) is 29.2 Å². The van der Waals surface area contributed by atoms with E-state index in [9.17, 15) is 4.39 Å². The number of rotatable bonds is 2. The van der Waals surface area contributed by atoms with Crippen molar-refractivity contribution in [3.8, 4) is 0 Å². The second-order valence-corrected chi connectivity index (χ2v) is 6.75. The highest BCUT2D eigenvalue weighted by atomic mass is 35.5. The standard InChI is InChI=1S/C15H22ClFN2/c1-15(2,3)14-10-19(7-6-18-14)9-11-8-12(17)4-5-13(11)16/h4-5,8,14,18H,6-7,9-10H2,1-3H3. The van der Waals surface area contributed by atoms with Gasteiger partial charge in [0.15, 0.2) is 0 Å². The van der Waals surface area contributed by atoms with E-state index in [1.54, 1.807) is 6.07 Å². The molecular formula is C15H22ClFN2. The van der Waals surface area contributed by atoms with Crippen LogP contribution in [0.2, 0.25) is 5.02 Å². The molecule has 1 aromatic rings. The van der Waals surface area contributed by atoms with Gasteiger partial charge < -0.3 is 5.32 Å². The molecule has 0 bridgehead atoms. The second-order valence-electron chi connectivity index (χ2n) is 6.34. The normalized spacial score (nSPS) is 21.6. The summed E-state index contributed by atoms with van der Waals surface area (Å²) in [5.74, 6) is -0.220. The van der Waals surface area contributed by atoms with E-state index in [0.29, 0.717) is 17.6 Å². The van der Waals surface area contributed by atoms with Crippen molar-refractivity contribution in [3.05, 3.63) is 34.6 Å². The van der Waals surface area contributed by atoms with Crippen LogP contribution >= 0.6 is 11.6 Å². The molecule has 0 saturated carbocycles. The first-order valence-electron chi connectivity index (χ1n) is 6.76. The molecule has 0 amide bonds. The summed E-state index contributed by atoms with van der Waals surface area (Å²) in [6.45, 7) is 10.3. The molecule has 1 unspecified atom stereocenters. The summed E-state index contributed by atoms with van der Waals surface area (Å²) < 4.78 is 13.3. The van der Waals surface area contributed by atoms with Crippen molar-refractivity contribution in [1.82, 2.24) is 10.2 Å². The lowest BCUT2D eigenvalue weighted by Gasteiger charge is -2.40.